The van der Waals surface area contributed by atoms with E-state index < -0.39 is 12.1 Å². The molecule has 0 radical (unpaired) electrons. The maximum absolute atomic E-state index is 11.5. The minimum atomic E-state index is -0.923. The second-order valence-corrected chi connectivity index (χ2v) is 6.08. The van der Waals surface area contributed by atoms with Crippen LogP contribution in [0, 0.1) is 0 Å². The second-order valence-electron chi connectivity index (χ2n) is 6.08. The lowest BCUT2D eigenvalue weighted by Gasteiger charge is -2.30. The minimum absolute atomic E-state index is 0.303. The average molecular weight is 344 g/mol. The van der Waals surface area contributed by atoms with Gasteiger partial charge >= 0.3 is 12.1 Å². The Morgan fingerprint density at radius 1 is 1.12 bits per heavy atom. The molecule has 7 nitrogen and oxygen atoms in total. The summed E-state index contributed by atoms with van der Waals surface area (Å²) in [5.74, 6) is -0.923. The van der Waals surface area contributed by atoms with Gasteiger partial charge < -0.3 is 19.9 Å². The molecular formula is C17H32N2O5. The molecule has 0 atom stereocenters. The molecule has 0 saturated heterocycles. The largest absolute Gasteiger partial charge is 0.478 e. The number of carbonyl (C=O) groups excluding carboxylic acids is 1. The van der Waals surface area contributed by atoms with Crippen LogP contribution in [0.25, 0.3) is 0 Å². The van der Waals surface area contributed by atoms with Crippen molar-refractivity contribution in [3.8, 4) is 0 Å². The minimum Gasteiger partial charge on any atom is -0.478 e. The highest BCUT2D eigenvalue weighted by Gasteiger charge is 2.13. The van der Waals surface area contributed by atoms with Gasteiger partial charge in [-0.25, -0.2) is 9.59 Å². The molecule has 0 saturated carbocycles. The number of carboxylic acid groups (broad SMARTS) is 1. The molecule has 0 aliphatic carbocycles. The fraction of sp³-hybridized carbons (Fsp3) is 0.765. The Labute approximate surface area is 145 Å². The molecule has 0 unspecified atom stereocenters. The zero-order valence-corrected chi connectivity index (χ0v) is 15.5. The normalized spacial score (nSPS) is 12.1. The fourth-order valence-corrected chi connectivity index (χ4v) is 2.18. The average Bonchev–Trinajstić information content (AvgIpc) is 2.49. The molecule has 7 heteroatoms. The van der Waals surface area contributed by atoms with Crippen LogP contribution in [-0.4, -0.2) is 67.1 Å². The molecular weight excluding hydrogens is 312 g/mol. The van der Waals surface area contributed by atoms with E-state index >= 15 is 0 Å². The van der Waals surface area contributed by atoms with E-state index in [1.165, 1.54) is 0 Å². The number of ether oxygens (including phenoxy) is 2. The van der Waals surface area contributed by atoms with Crippen LogP contribution in [0.1, 0.15) is 41.0 Å². The molecule has 0 fully saturated rings. The van der Waals surface area contributed by atoms with Crippen molar-refractivity contribution in [2.75, 3.05) is 32.9 Å². The highest BCUT2D eigenvalue weighted by molar-refractivity contribution is 5.85. The Bertz CT molecular complexity index is 400. The van der Waals surface area contributed by atoms with E-state index in [1.807, 2.05) is 0 Å². The van der Waals surface area contributed by atoms with E-state index in [2.05, 4.69) is 37.9 Å². The van der Waals surface area contributed by atoms with E-state index in [4.69, 9.17) is 14.6 Å². The number of carboxylic acids is 1. The Kier molecular flexibility index (Phi) is 11.9. The lowest BCUT2D eigenvalue weighted by atomic mass is 10.2. The lowest BCUT2D eigenvalue weighted by Crippen LogP contribution is -2.40. The molecule has 1 amide bonds. The molecule has 0 aromatic heterocycles. The van der Waals surface area contributed by atoms with Gasteiger partial charge in [0.2, 0.25) is 0 Å². The lowest BCUT2D eigenvalue weighted by molar-refractivity contribution is -0.132. The first-order valence-corrected chi connectivity index (χ1v) is 8.39. The number of hydrogen-bond acceptors (Lipinski definition) is 5. The van der Waals surface area contributed by atoms with Gasteiger partial charge in [0.1, 0.15) is 6.61 Å². The summed E-state index contributed by atoms with van der Waals surface area (Å²) in [7, 11) is 0. The van der Waals surface area contributed by atoms with Crippen molar-refractivity contribution >= 4 is 12.1 Å². The highest BCUT2D eigenvalue weighted by Crippen LogP contribution is 2.03. The quantitative estimate of drug-likeness (QED) is 0.417. The predicted molar refractivity (Wildman–Crippen MR) is 93.2 cm³/mol. The maximum atomic E-state index is 11.5. The summed E-state index contributed by atoms with van der Waals surface area (Å²) in [6.07, 6.45) is 1.69. The van der Waals surface area contributed by atoms with E-state index in [0.717, 1.165) is 0 Å². The van der Waals surface area contributed by atoms with Crippen LogP contribution in [-0.2, 0) is 14.3 Å². The summed E-state index contributed by atoms with van der Waals surface area (Å²) in [5, 5.41) is 11.3. The van der Waals surface area contributed by atoms with Crippen LogP contribution in [0.5, 0.6) is 0 Å². The fourth-order valence-electron chi connectivity index (χ4n) is 2.18. The van der Waals surface area contributed by atoms with E-state index in [9.17, 15) is 9.59 Å². The van der Waals surface area contributed by atoms with Crippen molar-refractivity contribution in [2.24, 2.45) is 0 Å². The number of nitrogens with zero attached hydrogens (tertiary/aromatic N) is 1. The van der Waals surface area contributed by atoms with Gasteiger partial charge in [-0.1, -0.05) is 6.08 Å². The highest BCUT2D eigenvalue weighted by atomic mass is 16.5. The molecule has 0 aromatic carbocycles. The van der Waals surface area contributed by atoms with Crippen LogP contribution < -0.4 is 5.32 Å². The summed E-state index contributed by atoms with van der Waals surface area (Å²) < 4.78 is 10.4. The van der Waals surface area contributed by atoms with Crippen molar-refractivity contribution in [3.05, 3.63) is 11.6 Å². The first-order valence-electron chi connectivity index (χ1n) is 8.39. The topological polar surface area (TPSA) is 88.1 Å². The molecule has 0 spiro atoms. The Morgan fingerprint density at radius 2 is 1.75 bits per heavy atom. The number of amides is 1. The molecule has 24 heavy (non-hydrogen) atoms. The van der Waals surface area contributed by atoms with Crippen molar-refractivity contribution in [3.63, 3.8) is 0 Å². The molecule has 0 heterocycles. The van der Waals surface area contributed by atoms with E-state index in [-0.39, 0.29) is 0 Å². The van der Waals surface area contributed by atoms with Gasteiger partial charge in [-0.15, -0.1) is 0 Å². The van der Waals surface area contributed by atoms with Crippen LogP contribution in [0.4, 0.5) is 4.79 Å². The third-order valence-electron chi connectivity index (χ3n) is 3.48. The molecule has 0 bridgehead atoms. The van der Waals surface area contributed by atoms with Gasteiger partial charge in [0.05, 0.1) is 13.2 Å². The first kappa shape index (κ1) is 22.4. The molecule has 2 N–H and O–H groups in total. The number of aliphatic carboxylic acids is 1. The number of nitrogens with one attached hydrogen (secondary N) is 1. The van der Waals surface area contributed by atoms with Gasteiger partial charge in [0.25, 0.3) is 0 Å². The summed E-state index contributed by atoms with van der Waals surface area (Å²) >= 11 is 0. The van der Waals surface area contributed by atoms with Crippen molar-refractivity contribution in [1.29, 1.82) is 0 Å². The summed E-state index contributed by atoms with van der Waals surface area (Å²) in [4.78, 5) is 24.4. The molecule has 0 aliphatic rings. The maximum Gasteiger partial charge on any atom is 0.407 e. The van der Waals surface area contributed by atoms with Gasteiger partial charge in [0, 0.05) is 30.7 Å². The van der Waals surface area contributed by atoms with Crippen molar-refractivity contribution in [1.82, 2.24) is 10.2 Å². The van der Waals surface area contributed by atoms with Gasteiger partial charge in [-0.3, -0.25) is 4.90 Å². The predicted octanol–water partition coefficient (Wildman–Crippen LogP) is 2.27. The van der Waals surface area contributed by atoms with Gasteiger partial charge in [0.15, 0.2) is 0 Å². The van der Waals surface area contributed by atoms with Crippen molar-refractivity contribution < 1.29 is 24.2 Å². The third kappa shape index (κ3) is 11.0. The molecule has 0 aliphatic heterocycles. The summed E-state index contributed by atoms with van der Waals surface area (Å²) in [6.45, 7) is 12.2. The van der Waals surface area contributed by atoms with Gasteiger partial charge in [-0.05, 0) is 41.0 Å². The zero-order valence-electron chi connectivity index (χ0n) is 15.5. The molecule has 140 valence electrons. The summed E-state index contributed by atoms with van der Waals surface area (Å²) in [5.41, 5.74) is 0.303. The second kappa shape index (κ2) is 12.8. The standard InChI is InChI=1S/C17H32N2O5/c1-13(2)19(14(3)4)9-12-24-17(22)18-8-11-23-10-6-7-15(5)16(20)21/h7,13-14H,6,8-12H2,1-5H3,(H,18,22)(H,20,21). The van der Waals surface area contributed by atoms with E-state index in [0.29, 0.717) is 57.0 Å². The van der Waals surface area contributed by atoms with Crippen LogP contribution in [0.3, 0.4) is 0 Å². The zero-order chi connectivity index (χ0) is 18.5. The SMILES string of the molecule is CC(=CCCOCCNC(=O)OCCN(C(C)C)C(C)C)C(=O)O. The number of rotatable bonds is 12. The van der Waals surface area contributed by atoms with Gasteiger partial charge in [-0.2, -0.15) is 0 Å². The third-order valence-corrected chi connectivity index (χ3v) is 3.48. The summed E-state index contributed by atoms with van der Waals surface area (Å²) in [6, 6.07) is 0.813. The number of alkyl carbamates (subject to hydrolysis) is 1. The van der Waals surface area contributed by atoms with E-state index in [1.54, 1.807) is 13.0 Å². The first-order chi connectivity index (χ1) is 11.3. The van der Waals surface area contributed by atoms with Crippen LogP contribution >= 0.6 is 0 Å². The van der Waals surface area contributed by atoms with Crippen LogP contribution in [0.15, 0.2) is 11.6 Å². The van der Waals surface area contributed by atoms with Crippen molar-refractivity contribution in [2.45, 2.75) is 53.1 Å². The molecule has 0 rings (SSSR count). The molecule has 0 aromatic rings. The van der Waals surface area contributed by atoms with Crippen LogP contribution in [0.2, 0.25) is 0 Å². The number of hydrogen-bond donors (Lipinski definition) is 2. The number of carbonyl (C=O) groups is 2. The Morgan fingerprint density at radius 3 is 2.29 bits per heavy atom. The Balaban J connectivity index is 3.67. The monoisotopic (exact) mass is 344 g/mol. The Hall–Kier alpha value is -1.60. The smallest absolute Gasteiger partial charge is 0.407 e.